The molecule has 6 nitrogen and oxygen atoms in total. The zero-order chi connectivity index (χ0) is 33.5. The Morgan fingerprint density at radius 2 is 0.922 bits per heavy atom. The maximum atomic E-state index is 6.33. The van der Waals surface area contributed by atoms with Crippen molar-refractivity contribution in [2.75, 3.05) is 0 Å². The second-order valence-electron chi connectivity index (χ2n) is 12.9. The van der Waals surface area contributed by atoms with Crippen LogP contribution in [0.3, 0.4) is 0 Å². The lowest BCUT2D eigenvalue weighted by Gasteiger charge is -2.12. The van der Waals surface area contributed by atoms with E-state index in [1.807, 2.05) is 48.5 Å². The number of para-hydroxylation sites is 4. The normalized spacial score (nSPS) is 11.9. The van der Waals surface area contributed by atoms with Gasteiger partial charge in [0.2, 0.25) is 5.95 Å². The molecular formula is C45H27N5O. The second-order valence-corrected chi connectivity index (χ2v) is 12.9. The third kappa shape index (κ3) is 4.14. The van der Waals surface area contributed by atoms with Gasteiger partial charge in [0.15, 0.2) is 11.6 Å². The molecule has 11 aromatic rings. The van der Waals surface area contributed by atoms with Crippen LogP contribution < -0.4 is 0 Å². The van der Waals surface area contributed by atoms with Crippen LogP contribution in [-0.2, 0) is 0 Å². The SMILES string of the molecule is c1ccc(-c2nc(-c3ccc4c5ccccc5n(-c5cccc6oc7ccccc7c56)c4c3)nc(-n3c4ccccc4c4ccccc43)n2)cc1. The number of nitrogens with zero attached hydrogens (tertiary/aromatic N) is 5. The Morgan fingerprint density at radius 1 is 0.373 bits per heavy atom. The molecule has 6 heteroatoms. The summed E-state index contributed by atoms with van der Waals surface area (Å²) in [6.45, 7) is 0. The van der Waals surface area contributed by atoms with Crippen molar-refractivity contribution in [3.05, 3.63) is 164 Å². The summed E-state index contributed by atoms with van der Waals surface area (Å²) in [5.41, 5.74) is 8.90. The maximum absolute atomic E-state index is 6.33. The summed E-state index contributed by atoms with van der Waals surface area (Å²) in [5, 5.41) is 6.81. The van der Waals surface area contributed by atoms with E-state index in [2.05, 4.69) is 124 Å². The van der Waals surface area contributed by atoms with Gasteiger partial charge in [0, 0.05) is 38.1 Å². The van der Waals surface area contributed by atoms with Gasteiger partial charge in [0.05, 0.1) is 33.1 Å². The lowest BCUT2D eigenvalue weighted by molar-refractivity contribution is 0.669. The molecule has 0 aliphatic heterocycles. The summed E-state index contributed by atoms with van der Waals surface area (Å²) >= 11 is 0. The Kier molecular flexibility index (Phi) is 5.86. The summed E-state index contributed by atoms with van der Waals surface area (Å²) in [6, 6.07) is 56.7. The van der Waals surface area contributed by atoms with Gasteiger partial charge in [-0.15, -0.1) is 0 Å². The minimum Gasteiger partial charge on any atom is -0.456 e. The number of hydrogen-bond donors (Lipinski definition) is 0. The van der Waals surface area contributed by atoms with Crippen LogP contribution >= 0.6 is 0 Å². The molecule has 0 radical (unpaired) electrons. The molecule has 0 amide bonds. The third-order valence-corrected chi connectivity index (χ3v) is 9.99. The highest BCUT2D eigenvalue weighted by Gasteiger charge is 2.21. The predicted molar refractivity (Wildman–Crippen MR) is 207 cm³/mol. The van der Waals surface area contributed by atoms with E-state index in [9.17, 15) is 0 Å². The van der Waals surface area contributed by atoms with Crippen molar-refractivity contribution in [3.63, 3.8) is 0 Å². The molecule has 238 valence electrons. The van der Waals surface area contributed by atoms with E-state index in [0.29, 0.717) is 17.6 Å². The van der Waals surface area contributed by atoms with Gasteiger partial charge in [-0.1, -0.05) is 121 Å². The average molecular weight is 654 g/mol. The lowest BCUT2D eigenvalue weighted by atomic mass is 10.1. The highest BCUT2D eigenvalue weighted by atomic mass is 16.3. The topological polar surface area (TPSA) is 61.7 Å². The van der Waals surface area contributed by atoms with Gasteiger partial charge in [0.25, 0.3) is 0 Å². The van der Waals surface area contributed by atoms with Crippen molar-refractivity contribution < 1.29 is 4.42 Å². The number of benzene rings is 7. The zero-order valence-electron chi connectivity index (χ0n) is 27.2. The summed E-state index contributed by atoms with van der Waals surface area (Å²) in [6.07, 6.45) is 0. The van der Waals surface area contributed by atoms with Crippen LogP contribution in [-0.4, -0.2) is 24.1 Å². The van der Waals surface area contributed by atoms with Gasteiger partial charge in [-0.05, 0) is 42.5 Å². The molecule has 4 aromatic heterocycles. The first kappa shape index (κ1) is 27.9. The number of aromatic nitrogens is 5. The van der Waals surface area contributed by atoms with Crippen LogP contribution in [0.4, 0.5) is 0 Å². The Bertz CT molecular complexity index is 3100. The van der Waals surface area contributed by atoms with Crippen molar-refractivity contribution >= 4 is 65.6 Å². The van der Waals surface area contributed by atoms with Gasteiger partial charge in [0.1, 0.15) is 11.2 Å². The van der Waals surface area contributed by atoms with E-state index in [1.54, 1.807) is 0 Å². The first-order chi connectivity index (χ1) is 25.3. The van der Waals surface area contributed by atoms with Crippen LogP contribution in [0.1, 0.15) is 0 Å². The van der Waals surface area contributed by atoms with E-state index in [4.69, 9.17) is 19.4 Å². The molecule has 0 saturated carbocycles. The second kappa shape index (κ2) is 10.7. The Morgan fingerprint density at radius 3 is 1.63 bits per heavy atom. The Hall–Kier alpha value is -7.05. The van der Waals surface area contributed by atoms with Crippen LogP contribution in [0, 0.1) is 0 Å². The van der Waals surface area contributed by atoms with E-state index in [-0.39, 0.29) is 0 Å². The molecule has 0 unspecified atom stereocenters. The molecule has 4 heterocycles. The zero-order valence-corrected chi connectivity index (χ0v) is 27.2. The lowest BCUT2D eigenvalue weighted by Crippen LogP contribution is -2.06. The molecule has 7 aromatic carbocycles. The average Bonchev–Trinajstić information content (AvgIpc) is 3.86. The minimum atomic E-state index is 0.575. The van der Waals surface area contributed by atoms with E-state index in [0.717, 1.165) is 77.0 Å². The summed E-state index contributed by atoms with van der Waals surface area (Å²) in [7, 11) is 0. The number of fused-ring (bicyclic) bond motifs is 9. The molecular weight excluding hydrogens is 627 g/mol. The van der Waals surface area contributed by atoms with Crippen molar-refractivity contribution in [1.82, 2.24) is 24.1 Å². The Labute approximate surface area is 291 Å². The molecule has 0 atom stereocenters. The van der Waals surface area contributed by atoms with E-state index < -0.39 is 0 Å². The molecule has 0 aliphatic carbocycles. The largest absolute Gasteiger partial charge is 0.456 e. The number of rotatable bonds is 4. The monoisotopic (exact) mass is 653 g/mol. The smallest absolute Gasteiger partial charge is 0.238 e. The summed E-state index contributed by atoms with van der Waals surface area (Å²) < 4.78 is 10.8. The fourth-order valence-electron chi connectivity index (χ4n) is 7.76. The van der Waals surface area contributed by atoms with Crippen LogP contribution in [0.15, 0.2) is 168 Å². The van der Waals surface area contributed by atoms with Crippen LogP contribution in [0.25, 0.3) is 100.0 Å². The van der Waals surface area contributed by atoms with Crippen molar-refractivity contribution in [1.29, 1.82) is 0 Å². The standard InChI is InChI=1S/C45H27N5O/c1-2-13-28(14-3-1)43-46-44(48-45(47-43)50-36-20-9-5-15-30(36)31-16-6-10-21-37(31)50)29-25-26-33-32-17-4-8-19-35(32)49(39(33)27-29)38-22-12-24-41-42(38)34-18-7-11-23-40(34)51-41/h1-27H. The first-order valence-corrected chi connectivity index (χ1v) is 17.0. The molecule has 0 aliphatic rings. The molecule has 0 spiro atoms. The van der Waals surface area contributed by atoms with Crippen molar-refractivity contribution in [2.24, 2.45) is 0 Å². The molecule has 0 fully saturated rings. The van der Waals surface area contributed by atoms with Crippen molar-refractivity contribution in [3.8, 4) is 34.4 Å². The molecule has 0 N–H and O–H groups in total. The highest BCUT2D eigenvalue weighted by Crippen LogP contribution is 2.40. The number of hydrogen-bond acceptors (Lipinski definition) is 4. The van der Waals surface area contributed by atoms with Gasteiger partial charge < -0.3 is 8.98 Å². The predicted octanol–water partition coefficient (Wildman–Crippen LogP) is 11.3. The van der Waals surface area contributed by atoms with Gasteiger partial charge in [-0.25, -0.2) is 4.98 Å². The number of furan rings is 1. The fourth-order valence-corrected chi connectivity index (χ4v) is 7.76. The van der Waals surface area contributed by atoms with Crippen molar-refractivity contribution in [2.45, 2.75) is 0 Å². The molecule has 0 saturated heterocycles. The molecule has 51 heavy (non-hydrogen) atoms. The van der Waals surface area contributed by atoms with E-state index in [1.165, 1.54) is 5.39 Å². The Balaban J connectivity index is 1.20. The molecule has 11 rings (SSSR count). The fraction of sp³-hybridized carbons (Fsp3) is 0. The van der Waals surface area contributed by atoms with Crippen LogP contribution in [0.5, 0.6) is 0 Å². The summed E-state index contributed by atoms with van der Waals surface area (Å²) in [5.74, 6) is 1.80. The first-order valence-electron chi connectivity index (χ1n) is 17.0. The van der Waals surface area contributed by atoms with Gasteiger partial charge in [-0.3, -0.25) is 4.57 Å². The summed E-state index contributed by atoms with van der Waals surface area (Å²) in [4.78, 5) is 15.5. The maximum Gasteiger partial charge on any atom is 0.238 e. The van der Waals surface area contributed by atoms with Gasteiger partial charge >= 0.3 is 0 Å². The molecule has 0 bridgehead atoms. The van der Waals surface area contributed by atoms with Gasteiger partial charge in [-0.2, -0.15) is 9.97 Å². The van der Waals surface area contributed by atoms with E-state index >= 15 is 0 Å². The highest BCUT2D eigenvalue weighted by molar-refractivity contribution is 6.15. The quantitative estimate of drug-likeness (QED) is 0.190. The van der Waals surface area contributed by atoms with Crippen LogP contribution in [0.2, 0.25) is 0 Å². The minimum absolute atomic E-state index is 0.575. The third-order valence-electron chi connectivity index (χ3n) is 9.99.